The van der Waals surface area contributed by atoms with Crippen molar-refractivity contribution >= 4 is 39.3 Å². The van der Waals surface area contributed by atoms with E-state index in [1.165, 1.54) is 0 Å². The summed E-state index contributed by atoms with van der Waals surface area (Å²) in [5.74, 6) is 0.830. The lowest BCUT2D eigenvalue weighted by Crippen LogP contribution is -2.12. The molecule has 0 spiro atoms. The van der Waals surface area contributed by atoms with Crippen LogP contribution in [0.1, 0.15) is 0 Å². The van der Waals surface area contributed by atoms with E-state index in [2.05, 4.69) is 9.97 Å². The van der Waals surface area contributed by atoms with Crippen molar-refractivity contribution in [3.8, 4) is 11.4 Å². The molecule has 5 aromatic rings. The van der Waals surface area contributed by atoms with Gasteiger partial charge in [-0.2, -0.15) is 0 Å². The van der Waals surface area contributed by atoms with Gasteiger partial charge in [0.15, 0.2) is 11.0 Å². The summed E-state index contributed by atoms with van der Waals surface area (Å²) in [5, 5.41) is 1.58. The quantitative estimate of drug-likeness (QED) is 0.450. The first-order valence-electron chi connectivity index (χ1n) is 8.60. The van der Waals surface area contributed by atoms with Gasteiger partial charge < -0.3 is 4.42 Å². The monoisotopic (exact) mass is 372 g/mol. The maximum Gasteiger partial charge on any atom is 0.290 e. The third-order valence-electron chi connectivity index (χ3n) is 4.41. The second kappa shape index (κ2) is 6.41. The van der Waals surface area contributed by atoms with Crippen LogP contribution in [0, 0.1) is 0 Å². The highest BCUT2D eigenvalue weighted by Crippen LogP contribution is 2.23. The molecule has 130 valence electrons. The minimum Gasteiger partial charge on any atom is -0.437 e. The normalized spacial score (nSPS) is 12.1. The van der Waals surface area contributed by atoms with Gasteiger partial charge in [-0.1, -0.05) is 41.9 Å². The van der Waals surface area contributed by atoms with Crippen molar-refractivity contribution in [1.82, 2.24) is 4.98 Å². The molecule has 27 heavy (non-hydrogen) atoms. The van der Waals surface area contributed by atoms with Gasteiger partial charge in [-0.25, -0.2) is 15.0 Å². The number of aromatic amines is 2. The second-order valence-corrected chi connectivity index (χ2v) is 6.70. The van der Waals surface area contributed by atoms with Crippen molar-refractivity contribution in [2.45, 2.75) is 0 Å². The van der Waals surface area contributed by atoms with E-state index in [-0.39, 0.29) is 0 Å². The molecule has 0 atom stereocenters. The number of hydrogen-bond acceptors (Lipinski definition) is 2. The van der Waals surface area contributed by atoms with Crippen LogP contribution in [-0.2, 0) is 0 Å². The van der Waals surface area contributed by atoms with E-state index in [1.54, 1.807) is 0 Å². The van der Waals surface area contributed by atoms with Crippen LogP contribution >= 0.6 is 11.6 Å². The molecular formula is C22H15ClN3O+. The molecule has 2 heterocycles. The molecule has 0 saturated carbocycles. The highest BCUT2D eigenvalue weighted by atomic mass is 35.5. The molecule has 4 nitrogen and oxygen atoms in total. The zero-order valence-corrected chi connectivity index (χ0v) is 15.0. The van der Waals surface area contributed by atoms with Gasteiger partial charge in [0.05, 0.1) is 5.69 Å². The third-order valence-corrected chi connectivity index (χ3v) is 4.65. The third kappa shape index (κ3) is 3.00. The van der Waals surface area contributed by atoms with Gasteiger partial charge in [0.25, 0.3) is 5.82 Å². The van der Waals surface area contributed by atoms with Gasteiger partial charge >= 0.3 is 0 Å². The number of nitrogens with one attached hydrogen (secondary N) is 2. The molecule has 0 aliphatic rings. The first-order chi connectivity index (χ1) is 13.3. The van der Waals surface area contributed by atoms with Crippen LogP contribution in [0.5, 0.6) is 0 Å². The minimum atomic E-state index is 0.527. The Bertz CT molecular complexity index is 1300. The zero-order valence-electron chi connectivity index (χ0n) is 14.2. The Kier molecular flexibility index (Phi) is 3.77. The van der Waals surface area contributed by atoms with Crippen LogP contribution in [-0.4, -0.2) is 4.98 Å². The Labute approximate surface area is 159 Å². The number of rotatable bonds is 2. The Morgan fingerprint density at radius 1 is 0.889 bits per heavy atom. The summed E-state index contributed by atoms with van der Waals surface area (Å²) in [6.07, 6.45) is 0. The van der Waals surface area contributed by atoms with Crippen LogP contribution in [0.4, 0.5) is 5.69 Å². The zero-order chi connectivity index (χ0) is 18.2. The van der Waals surface area contributed by atoms with Crippen LogP contribution in [0.15, 0.2) is 88.3 Å². The summed E-state index contributed by atoms with van der Waals surface area (Å²) < 4.78 is 6.14. The van der Waals surface area contributed by atoms with Crippen molar-refractivity contribution in [1.29, 1.82) is 0 Å². The fraction of sp³-hybridized carbons (Fsp3) is 0. The molecule has 2 N–H and O–H groups in total. The standard InChI is InChI=1S/C22H14ClN3O/c23-15-10-11-20-14(12-15)13-17(21-25-18-8-4-5-9-19(18)26-21)22(27-20)24-16-6-2-1-3-7-16/h1-13H,(H,25,26)/p+1. The topological polar surface area (TPSA) is 55.4 Å². The number of fused-ring (bicyclic) bond motifs is 2. The molecule has 0 amide bonds. The number of aromatic nitrogens is 2. The number of nitrogens with zero attached hydrogens (tertiary/aromatic N) is 1. The molecule has 0 saturated heterocycles. The van der Waals surface area contributed by atoms with E-state index in [4.69, 9.17) is 21.0 Å². The summed E-state index contributed by atoms with van der Waals surface area (Å²) in [7, 11) is 0. The first-order valence-corrected chi connectivity index (χ1v) is 8.98. The number of H-pyrrole nitrogens is 2. The summed E-state index contributed by atoms with van der Waals surface area (Å²) in [6, 6.07) is 25.4. The van der Waals surface area contributed by atoms with E-state index in [0.717, 1.165) is 39.1 Å². The number of para-hydroxylation sites is 3. The first kappa shape index (κ1) is 15.9. The molecule has 3 aromatic carbocycles. The fourth-order valence-corrected chi connectivity index (χ4v) is 3.30. The molecular weight excluding hydrogens is 358 g/mol. The van der Waals surface area contributed by atoms with Gasteiger partial charge in [0.2, 0.25) is 5.55 Å². The minimum absolute atomic E-state index is 0.527. The Balaban J connectivity index is 1.82. The maximum atomic E-state index is 6.17. The fourth-order valence-electron chi connectivity index (χ4n) is 3.12. The number of halogens is 1. The Morgan fingerprint density at radius 2 is 1.70 bits per heavy atom. The lowest BCUT2D eigenvalue weighted by Gasteiger charge is -2.01. The van der Waals surface area contributed by atoms with Gasteiger partial charge in [0.1, 0.15) is 11.1 Å². The molecule has 5 heteroatoms. The SMILES string of the molecule is Clc1ccc2oc(=Nc3ccccc3)c(-c3[nH]c4ccccc4[nH+]3)cc2c1. The van der Waals surface area contributed by atoms with E-state index in [0.29, 0.717) is 10.6 Å². The van der Waals surface area contributed by atoms with Gasteiger partial charge in [0, 0.05) is 10.4 Å². The smallest absolute Gasteiger partial charge is 0.290 e. The molecule has 0 aliphatic heterocycles. The Hall–Kier alpha value is -3.37. The highest BCUT2D eigenvalue weighted by Gasteiger charge is 2.17. The highest BCUT2D eigenvalue weighted by molar-refractivity contribution is 6.31. The molecule has 0 radical (unpaired) electrons. The summed E-state index contributed by atoms with van der Waals surface area (Å²) in [4.78, 5) is 11.5. The molecule has 5 rings (SSSR count). The van der Waals surface area contributed by atoms with Crippen molar-refractivity contribution in [2.24, 2.45) is 4.99 Å². The van der Waals surface area contributed by atoms with E-state index in [9.17, 15) is 0 Å². The average Bonchev–Trinajstić information content (AvgIpc) is 3.12. The van der Waals surface area contributed by atoms with Crippen LogP contribution in [0.2, 0.25) is 5.02 Å². The van der Waals surface area contributed by atoms with Crippen molar-refractivity contribution in [3.63, 3.8) is 0 Å². The van der Waals surface area contributed by atoms with Gasteiger partial charge in [-0.05, 0) is 48.5 Å². The summed E-state index contributed by atoms with van der Waals surface area (Å²) in [6.45, 7) is 0. The van der Waals surface area contributed by atoms with Crippen LogP contribution < -0.4 is 10.5 Å². The summed E-state index contributed by atoms with van der Waals surface area (Å²) in [5.41, 5.74) is 4.96. The summed E-state index contributed by atoms with van der Waals surface area (Å²) >= 11 is 6.17. The van der Waals surface area contributed by atoms with Gasteiger partial charge in [-0.15, -0.1) is 0 Å². The van der Waals surface area contributed by atoms with Crippen LogP contribution in [0.3, 0.4) is 0 Å². The molecule has 0 bridgehead atoms. The molecule has 2 aromatic heterocycles. The van der Waals surface area contributed by atoms with Crippen molar-refractivity contribution < 1.29 is 9.40 Å². The predicted octanol–water partition coefficient (Wildman–Crippen LogP) is 5.28. The predicted molar refractivity (Wildman–Crippen MR) is 107 cm³/mol. The largest absolute Gasteiger partial charge is 0.437 e. The number of benzene rings is 3. The average molecular weight is 373 g/mol. The second-order valence-electron chi connectivity index (χ2n) is 6.27. The van der Waals surface area contributed by atoms with Crippen LogP contribution in [0.25, 0.3) is 33.4 Å². The maximum absolute atomic E-state index is 6.17. The van der Waals surface area contributed by atoms with Gasteiger partial charge in [-0.3, -0.25) is 0 Å². The van der Waals surface area contributed by atoms with E-state index >= 15 is 0 Å². The molecule has 0 aliphatic carbocycles. The molecule has 0 unspecified atom stereocenters. The number of imidazole rings is 1. The number of hydrogen-bond donors (Lipinski definition) is 1. The van der Waals surface area contributed by atoms with Crippen molar-refractivity contribution in [2.75, 3.05) is 0 Å². The van der Waals surface area contributed by atoms with E-state index < -0.39 is 0 Å². The van der Waals surface area contributed by atoms with Crippen molar-refractivity contribution in [3.05, 3.63) is 89.4 Å². The lowest BCUT2D eigenvalue weighted by atomic mass is 10.2. The lowest BCUT2D eigenvalue weighted by molar-refractivity contribution is -0.330. The molecule has 0 fully saturated rings. The Morgan fingerprint density at radius 3 is 2.56 bits per heavy atom. The van der Waals surface area contributed by atoms with E-state index in [1.807, 2.05) is 78.9 Å².